The van der Waals surface area contributed by atoms with Crippen LogP contribution in [0.25, 0.3) is 0 Å². The highest BCUT2D eigenvalue weighted by molar-refractivity contribution is 5.35. The Morgan fingerprint density at radius 2 is 2.00 bits per heavy atom. The summed E-state index contributed by atoms with van der Waals surface area (Å²) in [4.78, 5) is 0. The van der Waals surface area contributed by atoms with E-state index in [-0.39, 0.29) is 6.04 Å². The lowest BCUT2D eigenvalue weighted by Gasteiger charge is -2.16. The molecule has 3 heteroatoms. The predicted molar refractivity (Wildman–Crippen MR) is 56.3 cm³/mol. The molecule has 78 valence electrons. The van der Waals surface area contributed by atoms with Crippen molar-refractivity contribution < 1.29 is 9.84 Å². The average molecular weight is 195 g/mol. The standard InChI is InChI=1S/C11H17NO2/c1-7-4-9(11(13)8(2)12)6-10(5-7)14-3/h4-6,8,11,13H,12H2,1-3H3/t8-,11-/m1/s1. The molecule has 0 amide bonds. The van der Waals surface area contributed by atoms with Crippen LogP contribution in [0.2, 0.25) is 0 Å². The summed E-state index contributed by atoms with van der Waals surface area (Å²) in [6, 6.07) is 5.36. The predicted octanol–water partition coefficient (Wildman–Crippen LogP) is 1.38. The number of aliphatic hydroxyl groups excluding tert-OH is 1. The van der Waals surface area contributed by atoms with Gasteiger partial charge in [0, 0.05) is 6.04 Å². The van der Waals surface area contributed by atoms with E-state index in [0.29, 0.717) is 0 Å². The number of rotatable bonds is 3. The highest BCUT2D eigenvalue weighted by atomic mass is 16.5. The van der Waals surface area contributed by atoms with Gasteiger partial charge < -0.3 is 15.6 Å². The quantitative estimate of drug-likeness (QED) is 0.766. The lowest BCUT2D eigenvalue weighted by Crippen LogP contribution is -2.24. The zero-order valence-electron chi connectivity index (χ0n) is 8.82. The van der Waals surface area contributed by atoms with Gasteiger partial charge in [0.05, 0.1) is 13.2 Å². The summed E-state index contributed by atoms with van der Waals surface area (Å²) < 4.78 is 5.11. The molecule has 0 aliphatic carbocycles. The van der Waals surface area contributed by atoms with Gasteiger partial charge in [-0.1, -0.05) is 6.07 Å². The van der Waals surface area contributed by atoms with Crippen LogP contribution in [0.3, 0.4) is 0 Å². The molecule has 0 aliphatic rings. The Hall–Kier alpha value is -1.06. The molecule has 0 bridgehead atoms. The third kappa shape index (κ3) is 2.47. The Balaban J connectivity index is 3.02. The van der Waals surface area contributed by atoms with Crippen LogP contribution in [0, 0.1) is 6.92 Å². The Morgan fingerprint density at radius 1 is 1.36 bits per heavy atom. The fraction of sp³-hybridized carbons (Fsp3) is 0.455. The average Bonchev–Trinajstić information content (AvgIpc) is 2.15. The van der Waals surface area contributed by atoms with Crippen molar-refractivity contribution in [3.05, 3.63) is 29.3 Å². The molecule has 0 radical (unpaired) electrons. The molecule has 14 heavy (non-hydrogen) atoms. The maximum absolute atomic E-state index is 9.76. The van der Waals surface area contributed by atoms with E-state index in [2.05, 4.69) is 0 Å². The first-order valence-corrected chi connectivity index (χ1v) is 4.64. The van der Waals surface area contributed by atoms with Crippen LogP contribution in [0.4, 0.5) is 0 Å². The first kappa shape index (κ1) is 11.0. The molecule has 0 fully saturated rings. The van der Waals surface area contributed by atoms with Crippen molar-refractivity contribution >= 4 is 0 Å². The summed E-state index contributed by atoms with van der Waals surface area (Å²) in [6.45, 7) is 3.74. The van der Waals surface area contributed by atoms with Crippen LogP contribution < -0.4 is 10.5 Å². The fourth-order valence-corrected chi connectivity index (χ4v) is 1.37. The summed E-state index contributed by atoms with van der Waals surface area (Å²) in [6.07, 6.45) is -0.635. The zero-order chi connectivity index (χ0) is 10.7. The number of hydrogen-bond acceptors (Lipinski definition) is 3. The summed E-state index contributed by atoms with van der Waals surface area (Å²) in [5.41, 5.74) is 7.48. The number of benzene rings is 1. The molecule has 0 heterocycles. The van der Waals surface area contributed by atoms with E-state index in [1.54, 1.807) is 20.1 Å². The monoisotopic (exact) mass is 195 g/mol. The van der Waals surface area contributed by atoms with E-state index >= 15 is 0 Å². The number of ether oxygens (including phenoxy) is 1. The molecule has 3 nitrogen and oxygen atoms in total. The van der Waals surface area contributed by atoms with Gasteiger partial charge in [0.15, 0.2) is 0 Å². The van der Waals surface area contributed by atoms with Crippen molar-refractivity contribution in [2.75, 3.05) is 7.11 Å². The van der Waals surface area contributed by atoms with E-state index in [1.165, 1.54) is 0 Å². The summed E-state index contributed by atoms with van der Waals surface area (Å²) in [7, 11) is 1.61. The fourth-order valence-electron chi connectivity index (χ4n) is 1.37. The van der Waals surface area contributed by atoms with E-state index < -0.39 is 6.10 Å². The van der Waals surface area contributed by atoms with Gasteiger partial charge in [0.1, 0.15) is 5.75 Å². The highest BCUT2D eigenvalue weighted by Crippen LogP contribution is 2.22. The Labute approximate surface area is 84.5 Å². The van der Waals surface area contributed by atoms with Crippen LogP contribution in [0.15, 0.2) is 18.2 Å². The van der Waals surface area contributed by atoms with Crippen LogP contribution >= 0.6 is 0 Å². The van der Waals surface area contributed by atoms with Crippen molar-refractivity contribution in [1.29, 1.82) is 0 Å². The minimum atomic E-state index is -0.635. The Bertz CT molecular complexity index is 310. The van der Waals surface area contributed by atoms with Crippen LogP contribution in [0.1, 0.15) is 24.2 Å². The minimum absolute atomic E-state index is 0.276. The van der Waals surface area contributed by atoms with Crippen molar-refractivity contribution in [1.82, 2.24) is 0 Å². The summed E-state index contributed by atoms with van der Waals surface area (Å²) >= 11 is 0. The van der Waals surface area contributed by atoms with Gasteiger partial charge in [0.25, 0.3) is 0 Å². The summed E-state index contributed by atoms with van der Waals surface area (Å²) in [5, 5.41) is 9.76. The number of aliphatic hydroxyl groups is 1. The molecular formula is C11H17NO2. The van der Waals surface area contributed by atoms with E-state index in [9.17, 15) is 5.11 Å². The van der Waals surface area contributed by atoms with Gasteiger partial charge in [-0.05, 0) is 37.1 Å². The third-order valence-electron chi connectivity index (χ3n) is 2.15. The van der Waals surface area contributed by atoms with Crippen molar-refractivity contribution in [3.63, 3.8) is 0 Å². The first-order valence-electron chi connectivity index (χ1n) is 4.64. The molecule has 1 rings (SSSR count). The molecule has 0 unspecified atom stereocenters. The normalized spacial score (nSPS) is 14.9. The number of methoxy groups -OCH3 is 1. The lowest BCUT2D eigenvalue weighted by molar-refractivity contribution is 0.153. The second kappa shape index (κ2) is 4.44. The molecule has 0 aliphatic heterocycles. The smallest absolute Gasteiger partial charge is 0.119 e. The van der Waals surface area contributed by atoms with Gasteiger partial charge in [-0.15, -0.1) is 0 Å². The molecular weight excluding hydrogens is 178 g/mol. The molecule has 2 atom stereocenters. The SMILES string of the molecule is COc1cc(C)cc([C@H](O)[C@@H](C)N)c1. The van der Waals surface area contributed by atoms with Crippen molar-refractivity contribution in [2.24, 2.45) is 5.73 Å². The number of nitrogens with two attached hydrogens (primary N) is 1. The molecule has 0 aromatic heterocycles. The molecule has 0 spiro atoms. The third-order valence-corrected chi connectivity index (χ3v) is 2.15. The van der Waals surface area contributed by atoms with Gasteiger partial charge in [0.2, 0.25) is 0 Å². The zero-order valence-corrected chi connectivity index (χ0v) is 8.82. The Morgan fingerprint density at radius 3 is 2.50 bits per heavy atom. The molecule has 1 aromatic rings. The highest BCUT2D eigenvalue weighted by Gasteiger charge is 2.13. The van der Waals surface area contributed by atoms with Crippen LogP contribution in [0.5, 0.6) is 5.75 Å². The molecule has 0 saturated heterocycles. The molecule has 3 N–H and O–H groups in total. The van der Waals surface area contributed by atoms with Crippen LogP contribution in [-0.2, 0) is 0 Å². The minimum Gasteiger partial charge on any atom is -0.497 e. The van der Waals surface area contributed by atoms with Crippen LogP contribution in [-0.4, -0.2) is 18.3 Å². The Kier molecular flexibility index (Phi) is 3.49. The van der Waals surface area contributed by atoms with Gasteiger partial charge in [-0.25, -0.2) is 0 Å². The van der Waals surface area contributed by atoms with Gasteiger partial charge in [-0.3, -0.25) is 0 Å². The largest absolute Gasteiger partial charge is 0.497 e. The lowest BCUT2D eigenvalue weighted by atomic mass is 10.0. The number of hydrogen-bond donors (Lipinski definition) is 2. The topological polar surface area (TPSA) is 55.5 Å². The second-order valence-corrected chi connectivity index (χ2v) is 3.59. The maximum Gasteiger partial charge on any atom is 0.119 e. The number of aryl methyl sites for hydroxylation is 1. The summed E-state index contributed by atoms with van der Waals surface area (Å²) in [5.74, 6) is 0.750. The van der Waals surface area contributed by atoms with E-state index in [4.69, 9.17) is 10.5 Å². The second-order valence-electron chi connectivity index (χ2n) is 3.59. The van der Waals surface area contributed by atoms with Crippen molar-refractivity contribution in [3.8, 4) is 5.75 Å². The molecule has 0 saturated carbocycles. The molecule has 1 aromatic carbocycles. The maximum atomic E-state index is 9.76. The van der Waals surface area contributed by atoms with E-state index in [0.717, 1.165) is 16.9 Å². The van der Waals surface area contributed by atoms with Gasteiger partial charge in [-0.2, -0.15) is 0 Å². The first-order chi connectivity index (χ1) is 6.54. The van der Waals surface area contributed by atoms with E-state index in [1.807, 2.05) is 19.1 Å². The van der Waals surface area contributed by atoms with Gasteiger partial charge >= 0.3 is 0 Å². The van der Waals surface area contributed by atoms with Crippen molar-refractivity contribution in [2.45, 2.75) is 26.0 Å².